The molecule has 1 aromatic heterocycles. The third kappa shape index (κ3) is 5.01. The molecule has 2 amide bonds. The summed E-state index contributed by atoms with van der Waals surface area (Å²) in [5.41, 5.74) is -6.66. The van der Waals surface area contributed by atoms with Crippen molar-refractivity contribution in [2.75, 3.05) is 16.3 Å². The number of amides is 2. The van der Waals surface area contributed by atoms with Crippen LogP contribution >= 0.6 is 11.6 Å². The first kappa shape index (κ1) is 29.2. The minimum absolute atomic E-state index is 0.0723. The van der Waals surface area contributed by atoms with Crippen molar-refractivity contribution in [2.24, 2.45) is 7.05 Å². The number of halogens is 6. The molecule has 2 heterocycles. The van der Waals surface area contributed by atoms with E-state index in [1.54, 1.807) is 0 Å². The molecule has 42 heavy (non-hydrogen) atoms. The number of aryl methyl sites for hydroxylation is 1. The summed E-state index contributed by atoms with van der Waals surface area (Å²) in [6.07, 6.45) is -4.16. The molecule has 0 saturated carbocycles. The molecule has 0 saturated heterocycles. The Hall–Kier alpha value is -4.28. The molecule has 0 aliphatic carbocycles. The Kier molecular flexibility index (Phi) is 6.71. The predicted octanol–water partition coefficient (Wildman–Crippen LogP) is 4.08. The summed E-state index contributed by atoms with van der Waals surface area (Å²) >= 11 is 6.22. The summed E-state index contributed by atoms with van der Waals surface area (Å²) in [5, 5.41) is 20.2. The van der Waals surface area contributed by atoms with E-state index in [1.807, 2.05) is 0 Å². The highest BCUT2D eigenvalue weighted by Gasteiger charge is 2.48. The van der Waals surface area contributed by atoms with Crippen molar-refractivity contribution in [3.05, 3.63) is 86.9 Å². The van der Waals surface area contributed by atoms with Gasteiger partial charge in [0.2, 0.25) is 10.0 Å². The molecule has 10 nitrogen and oxygen atoms in total. The molecular formula is C25H17ClF5N5O5S. The molecule has 220 valence electrons. The molecule has 0 fully saturated rings. The number of rotatable bonds is 5. The van der Waals surface area contributed by atoms with Gasteiger partial charge in [0.05, 0.1) is 23.1 Å². The maximum absolute atomic E-state index is 14.3. The molecule has 0 radical (unpaired) electrons. The molecule has 0 bridgehead atoms. The van der Waals surface area contributed by atoms with E-state index in [-0.39, 0.29) is 33.4 Å². The van der Waals surface area contributed by atoms with Crippen molar-refractivity contribution in [2.45, 2.75) is 11.9 Å². The molecule has 1 unspecified atom stereocenters. The molecule has 4 N–H and O–H groups in total. The van der Waals surface area contributed by atoms with Gasteiger partial charge in [-0.05, 0) is 42.5 Å². The van der Waals surface area contributed by atoms with E-state index in [0.29, 0.717) is 12.1 Å². The average Bonchev–Trinajstić information content (AvgIpc) is 3.31. The number of aromatic nitrogens is 2. The number of fused-ring (bicyclic) bond motifs is 3. The zero-order valence-electron chi connectivity index (χ0n) is 21.2. The Morgan fingerprint density at radius 3 is 2.45 bits per heavy atom. The van der Waals surface area contributed by atoms with Gasteiger partial charge in [0.25, 0.3) is 11.8 Å². The van der Waals surface area contributed by atoms with Crippen molar-refractivity contribution < 1.29 is 45.1 Å². The largest absolute Gasteiger partial charge is 0.416 e. The third-order valence-corrected chi connectivity index (χ3v) is 7.24. The predicted molar refractivity (Wildman–Crippen MR) is 140 cm³/mol. The molecule has 0 spiro atoms. The summed E-state index contributed by atoms with van der Waals surface area (Å²) in [4.78, 5) is 26.5. The van der Waals surface area contributed by atoms with Crippen LogP contribution in [0.1, 0.15) is 37.4 Å². The summed E-state index contributed by atoms with van der Waals surface area (Å²) < 4.78 is 95.5. The Balaban J connectivity index is 1.79. The van der Waals surface area contributed by atoms with Gasteiger partial charge in [-0.15, -0.1) is 0 Å². The maximum Gasteiger partial charge on any atom is 0.416 e. The summed E-state index contributed by atoms with van der Waals surface area (Å²) in [6, 6.07) is 5.07. The summed E-state index contributed by atoms with van der Waals surface area (Å²) in [6.45, 7) is 0. The van der Waals surface area contributed by atoms with Gasteiger partial charge < -0.3 is 15.7 Å². The van der Waals surface area contributed by atoms with E-state index in [4.69, 9.17) is 11.6 Å². The van der Waals surface area contributed by atoms with Crippen LogP contribution in [0.15, 0.2) is 42.5 Å². The van der Waals surface area contributed by atoms with Crippen LogP contribution < -0.4 is 15.4 Å². The molecule has 5 rings (SSSR count). The minimum atomic E-state index is -5.00. The van der Waals surface area contributed by atoms with Crippen LogP contribution in [0.25, 0.3) is 10.9 Å². The van der Waals surface area contributed by atoms with E-state index in [0.717, 1.165) is 35.2 Å². The number of sulfonamides is 1. The Morgan fingerprint density at radius 2 is 1.81 bits per heavy atom. The molecule has 4 aromatic rings. The lowest BCUT2D eigenvalue weighted by Gasteiger charge is -2.27. The smallest absolute Gasteiger partial charge is 0.363 e. The fourth-order valence-electron chi connectivity index (χ4n) is 4.67. The standard InChI is InChI=1S/C25H17ClF5N5O5S/c1-36-21(35-42(2,40)41)14-9-17(32-22(37)10-5-11(25(29,30)31)7-13(28)6-10)19-18(20(14)34-36)23(38)33-24(19,39)15-8-12(27)3-4-16(15)26/h3-9,35,39H,1-2H3,(H,32,37)(H,33,38). The van der Waals surface area contributed by atoms with Crippen LogP contribution in [0.2, 0.25) is 5.02 Å². The van der Waals surface area contributed by atoms with Gasteiger partial charge in [-0.25, -0.2) is 17.2 Å². The van der Waals surface area contributed by atoms with E-state index in [1.165, 1.54) is 7.05 Å². The number of carbonyl (C=O) groups is 2. The second kappa shape index (κ2) is 9.64. The molecule has 1 atom stereocenters. The molecule has 1 aliphatic heterocycles. The Morgan fingerprint density at radius 1 is 1.12 bits per heavy atom. The number of hydrogen-bond acceptors (Lipinski definition) is 6. The van der Waals surface area contributed by atoms with Crippen molar-refractivity contribution in [3.8, 4) is 0 Å². The highest BCUT2D eigenvalue weighted by Crippen LogP contribution is 2.46. The van der Waals surface area contributed by atoms with Gasteiger partial charge in [0.15, 0.2) is 5.72 Å². The number of anilines is 2. The number of carbonyl (C=O) groups excluding carboxylic acids is 2. The van der Waals surface area contributed by atoms with Crippen LogP contribution in [0.3, 0.4) is 0 Å². The lowest BCUT2D eigenvalue weighted by atomic mass is 9.91. The minimum Gasteiger partial charge on any atom is -0.363 e. The number of nitrogens with zero attached hydrogens (tertiary/aromatic N) is 2. The highest BCUT2D eigenvalue weighted by molar-refractivity contribution is 7.92. The SMILES string of the molecule is Cn1nc2c3c(c(NC(=O)c4cc(F)cc(C(F)(F)F)c4)cc2c1NS(C)(=O)=O)C(O)(c1cc(F)ccc1Cl)NC3=O. The van der Waals surface area contributed by atoms with E-state index < -0.39 is 73.3 Å². The molecular weight excluding hydrogens is 613 g/mol. The van der Waals surface area contributed by atoms with Crippen LogP contribution in [-0.2, 0) is 29.0 Å². The van der Waals surface area contributed by atoms with Gasteiger partial charge >= 0.3 is 6.18 Å². The zero-order valence-corrected chi connectivity index (χ0v) is 22.8. The monoisotopic (exact) mass is 629 g/mol. The third-order valence-electron chi connectivity index (χ3n) is 6.35. The summed E-state index contributed by atoms with van der Waals surface area (Å²) in [5.74, 6) is -4.71. The Labute approximate surface area is 238 Å². The van der Waals surface area contributed by atoms with Crippen molar-refractivity contribution in [3.63, 3.8) is 0 Å². The normalized spacial score (nSPS) is 16.8. The van der Waals surface area contributed by atoms with Gasteiger partial charge in [-0.2, -0.15) is 18.3 Å². The maximum atomic E-state index is 14.3. The zero-order chi connectivity index (χ0) is 30.9. The summed E-state index contributed by atoms with van der Waals surface area (Å²) in [7, 11) is -2.60. The first-order valence-electron chi connectivity index (χ1n) is 11.6. The highest BCUT2D eigenvalue weighted by atomic mass is 35.5. The number of alkyl halides is 3. The quantitative estimate of drug-likeness (QED) is 0.245. The first-order valence-corrected chi connectivity index (χ1v) is 13.9. The number of aliphatic hydroxyl groups is 1. The molecule has 17 heteroatoms. The van der Waals surface area contributed by atoms with Crippen molar-refractivity contribution >= 4 is 55.8 Å². The number of benzene rings is 3. The molecule has 3 aromatic carbocycles. The van der Waals surface area contributed by atoms with Gasteiger partial charge in [-0.1, -0.05) is 11.6 Å². The van der Waals surface area contributed by atoms with Crippen molar-refractivity contribution in [1.29, 1.82) is 0 Å². The van der Waals surface area contributed by atoms with Crippen LogP contribution in [0.5, 0.6) is 0 Å². The van der Waals surface area contributed by atoms with Crippen LogP contribution in [0.4, 0.5) is 33.5 Å². The van der Waals surface area contributed by atoms with Crippen LogP contribution in [0, 0.1) is 11.6 Å². The second-order valence-corrected chi connectivity index (χ2v) is 11.5. The first-order chi connectivity index (χ1) is 19.4. The number of hydrogen-bond donors (Lipinski definition) is 4. The fourth-order valence-corrected chi connectivity index (χ4v) is 5.52. The van der Waals surface area contributed by atoms with Crippen molar-refractivity contribution in [1.82, 2.24) is 15.1 Å². The lowest BCUT2D eigenvalue weighted by molar-refractivity contribution is -0.137. The second-order valence-electron chi connectivity index (χ2n) is 9.39. The average molecular weight is 630 g/mol. The van der Waals surface area contributed by atoms with E-state index in [9.17, 15) is 45.1 Å². The van der Waals surface area contributed by atoms with Gasteiger partial charge in [0, 0.05) is 34.1 Å². The molecule has 1 aliphatic rings. The van der Waals surface area contributed by atoms with Crippen LogP contribution in [-0.4, -0.2) is 41.4 Å². The van der Waals surface area contributed by atoms with E-state index in [2.05, 4.69) is 20.5 Å². The van der Waals surface area contributed by atoms with E-state index >= 15 is 0 Å². The fraction of sp³-hybridized carbons (Fsp3) is 0.160. The van der Waals surface area contributed by atoms with Gasteiger partial charge in [-0.3, -0.25) is 19.0 Å². The number of nitrogens with one attached hydrogen (secondary N) is 3. The lowest BCUT2D eigenvalue weighted by Crippen LogP contribution is -2.41. The van der Waals surface area contributed by atoms with Gasteiger partial charge in [0.1, 0.15) is 23.0 Å². The topological polar surface area (TPSA) is 142 Å². The Bertz CT molecular complexity index is 1950.